The number of carbonyl (C=O) groups is 1. The molecule has 5 heteroatoms. The first-order chi connectivity index (χ1) is 4.74. The Morgan fingerprint density at radius 2 is 2.30 bits per heavy atom. The molecule has 1 aliphatic heterocycles. The van der Waals surface area contributed by atoms with Gasteiger partial charge in [-0.05, 0) is 0 Å². The molecule has 1 heterocycles. The molecule has 0 aromatic carbocycles. The molecule has 1 rings (SSSR count). The maximum Gasteiger partial charge on any atom is 0.407 e. The van der Waals surface area contributed by atoms with Crippen molar-refractivity contribution in [3.63, 3.8) is 0 Å². The van der Waals surface area contributed by atoms with Crippen LogP contribution in [0.25, 0.3) is 0 Å². The molecule has 0 saturated carbocycles. The van der Waals surface area contributed by atoms with Crippen LogP contribution in [0, 0.1) is 5.92 Å². The summed E-state index contributed by atoms with van der Waals surface area (Å²) in [4.78, 5) is 11.4. The van der Waals surface area contributed by atoms with Gasteiger partial charge in [0.1, 0.15) is 0 Å². The Morgan fingerprint density at radius 3 is 2.70 bits per heavy atom. The van der Waals surface area contributed by atoms with Crippen molar-refractivity contribution in [2.75, 3.05) is 13.1 Å². The first kappa shape index (κ1) is 6.85. The SMILES string of the molecule is O=C(O)N1CC(C=NO)C1. The Bertz CT molecular complexity index is 162. The Hall–Kier alpha value is -1.26. The molecule has 2 N–H and O–H groups in total. The zero-order valence-corrected chi connectivity index (χ0v) is 5.27. The molecule has 0 atom stereocenters. The van der Waals surface area contributed by atoms with Gasteiger partial charge in [0, 0.05) is 19.0 Å². The highest BCUT2D eigenvalue weighted by atomic mass is 16.4. The minimum atomic E-state index is -0.914. The van der Waals surface area contributed by atoms with Crippen molar-refractivity contribution in [2.24, 2.45) is 11.1 Å². The van der Waals surface area contributed by atoms with Gasteiger partial charge in [0.05, 0.1) is 6.21 Å². The van der Waals surface area contributed by atoms with Gasteiger partial charge in [-0.3, -0.25) is 0 Å². The van der Waals surface area contributed by atoms with Gasteiger partial charge < -0.3 is 15.2 Å². The van der Waals surface area contributed by atoms with E-state index in [4.69, 9.17) is 10.3 Å². The fourth-order valence-electron chi connectivity index (χ4n) is 0.857. The molecule has 10 heavy (non-hydrogen) atoms. The minimum Gasteiger partial charge on any atom is -0.465 e. The molecule has 1 aliphatic rings. The minimum absolute atomic E-state index is 0.0982. The molecule has 1 saturated heterocycles. The first-order valence-electron chi connectivity index (χ1n) is 2.89. The Balaban J connectivity index is 2.24. The van der Waals surface area contributed by atoms with E-state index in [9.17, 15) is 4.79 Å². The summed E-state index contributed by atoms with van der Waals surface area (Å²) >= 11 is 0. The van der Waals surface area contributed by atoms with E-state index in [2.05, 4.69) is 5.16 Å². The Morgan fingerprint density at radius 1 is 1.70 bits per heavy atom. The predicted octanol–water partition coefficient (Wildman–Crippen LogP) is 0.0562. The number of rotatable bonds is 1. The van der Waals surface area contributed by atoms with Gasteiger partial charge in [0.2, 0.25) is 0 Å². The van der Waals surface area contributed by atoms with Crippen LogP contribution in [-0.4, -0.2) is 40.6 Å². The van der Waals surface area contributed by atoms with Gasteiger partial charge in [-0.25, -0.2) is 4.79 Å². The van der Waals surface area contributed by atoms with Crippen molar-refractivity contribution in [1.29, 1.82) is 0 Å². The number of amides is 1. The fraction of sp³-hybridized carbons (Fsp3) is 0.600. The maximum atomic E-state index is 10.2. The van der Waals surface area contributed by atoms with E-state index in [1.165, 1.54) is 11.1 Å². The van der Waals surface area contributed by atoms with E-state index in [1.54, 1.807) is 0 Å². The second kappa shape index (κ2) is 2.55. The largest absolute Gasteiger partial charge is 0.465 e. The highest BCUT2D eigenvalue weighted by Crippen LogP contribution is 2.12. The summed E-state index contributed by atoms with van der Waals surface area (Å²) in [5, 5.41) is 19.2. The van der Waals surface area contributed by atoms with Crippen molar-refractivity contribution in [3.05, 3.63) is 0 Å². The summed E-state index contributed by atoms with van der Waals surface area (Å²) in [6.07, 6.45) is 0.432. The molecule has 0 aromatic rings. The molecular weight excluding hydrogens is 136 g/mol. The van der Waals surface area contributed by atoms with E-state index in [-0.39, 0.29) is 5.92 Å². The first-order valence-corrected chi connectivity index (χ1v) is 2.89. The van der Waals surface area contributed by atoms with Crippen LogP contribution in [0.5, 0.6) is 0 Å². The predicted molar refractivity (Wildman–Crippen MR) is 33.4 cm³/mol. The smallest absolute Gasteiger partial charge is 0.407 e. The highest BCUT2D eigenvalue weighted by molar-refractivity contribution is 5.70. The van der Waals surface area contributed by atoms with Crippen LogP contribution in [0.4, 0.5) is 4.79 Å². The third-order valence-electron chi connectivity index (χ3n) is 1.46. The fourth-order valence-corrected chi connectivity index (χ4v) is 0.857. The number of likely N-dealkylation sites (tertiary alicyclic amines) is 1. The van der Waals surface area contributed by atoms with Crippen molar-refractivity contribution in [2.45, 2.75) is 0 Å². The number of hydrogen-bond donors (Lipinski definition) is 2. The van der Waals surface area contributed by atoms with Crippen LogP contribution in [0.3, 0.4) is 0 Å². The summed E-state index contributed by atoms with van der Waals surface area (Å²) < 4.78 is 0. The monoisotopic (exact) mass is 144 g/mol. The summed E-state index contributed by atoms with van der Waals surface area (Å²) in [7, 11) is 0. The zero-order chi connectivity index (χ0) is 7.56. The third kappa shape index (κ3) is 1.18. The highest BCUT2D eigenvalue weighted by Gasteiger charge is 2.28. The Kier molecular flexibility index (Phi) is 1.75. The van der Waals surface area contributed by atoms with E-state index < -0.39 is 6.09 Å². The van der Waals surface area contributed by atoms with Crippen molar-refractivity contribution in [3.8, 4) is 0 Å². The van der Waals surface area contributed by atoms with Gasteiger partial charge >= 0.3 is 6.09 Å². The molecule has 0 unspecified atom stereocenters. The summed E-state index contributed by atoms with van der Waals surface area (Å²) in [5.74, 6) is 0.0982. The molecule has 0 bridgehead atoms. The zero-order valence-electron chi connectivity index (χ0n) is 5.27. The number of hydrogen-bond acceptors (Lipinski definition) is 3. The van der Waals surface area contributed by atoms with Gasteiger partial charge in [-0.1, -0.05) is 0 Å². The average Bonchev–Trinajstić information content (AvgIpc) is 1.76. The van der Waals surface area contributed by atoms with E-state index in [0.717, 1.165) is 0 Å². The summed E-state index contributed by atoms with van der Waals surface area (Å²) in [6, 6.07) is 0. The summed E-state index contributed by atoms with van der Waals surface area (Å²) in [5.41, 5.74) is 0. The lowest BCUT2D eigenvalue weighted by atomic mass is 10.0. The average molecular weight is 144 g/mol. The van der Waals surface area contributed by atoms with Crippen molar-refractivity contribution < 1.29 is 15.1 Å². The molecular formula is C5H8N2O3. The molecule has 0 aromatic heterocycles. The maximum absolute atomic E-state index is 10.2. The Labute approximate surface area is 57.6 Å². The third-order valence-corrected chi connectivity index (χ3v) is 1.46. The van der Waals surface area contributed by atoms with E-state index in [0.29, 0.717) is 13.1 Å². The lowest BCUT2D eigenvalue weighted by Crippen LogP contribution is -2.49. The molecule has 0 radical (unpaired) electrons. The van der Waals surface area contributed by atoms with Gasteiger partial charge in [0.15, 0.2) is 0 Å². The second-order valence-corrected chi connectivity index (χ2v) is 2.21. The van der Waals surface area contributed by atoms with Crippen LogP contribution < -0.4 is 0 Å². The molecule has 5 nitrogen and oxygen atoms in total. The lowest BCUT2D eigenvalue weighted by Gasteiger charge is -2.34. The van der Waals surface area contributed by atoms with Crippen LogP contribution in [0.15, 0.2) is 5.16 Å². The molecule has 0 aliphatic carbocycles. The normalized spacial score (nSPS) is 19.4. The van der Waals surface area contributed by atoms with E-state index >= 15 is 0 Å². The van der Waals surface area contributed by atoms with Gasteiger partial charge in [-0.2, -0.15) is 0 Å². The number of carboxylic acid groups (broad SMARTS) is 1. The molecule has 0 spiro atoms. The molecule has 1 amide bonds. The van der Waals surface area contributed by atoms with Crippen LogP contribution in [0.2, 0.25) is 0 Å². The van der Waals surface area contributed by atoms with Crippen LogP contribution >= 0.6 is 0 Å². The molecule has 56 valence electrons. The number of nitrogens with zero attached hydrogens (tertiary/aromatic N) is 2. The van der Waals surface area contributed by atoms with Gasteiger partial charge in [-0.15, -0.1) is 5.16 Å². The topological polar surface area (TPSA) is 73.1 Å². The number of oxime groups is 1. The van der Waals surface area contributed by atoms with Crippen molar-refractivity contribution in [1.82, 2.24) is 4.90 Å². The van der Waals surface area contributed by atoms with Crippen LogP contribution in [-0.2, 0) is 0 Å². The second-order valence-electron chi connectivity index (χ2n) is 2.21. The molecule has 1 fully saturated rings. The summed E-state index contributed by atoms with van der Waals surface area (Å²) in [6.45, 7) is 0.888. The van der Waals surface area contributed by atoms with Crippen LogP contribution in [0.1, 0.15) is 0 Å². The standard InChI is InChI=1S/C5H8N2O3/c8-5(9)7-2-4(3-7)1-6-10/h1,4,10H,2-3H2,(H,8,9). The van der Waals surface area contributed by atoms with E-state index in [1.807, 2.05) is 0 Å². The van der Waals surface area contributed by atoms with Gasteiger partial charge in [0.25, 0.3) is 0 Å². The lowest BCUT2D eigenvalue weighted by molar-refractivity contribution is 0.103. The quantitative estimate of drug-likeness (QED) is 0.310. The van der Waals surface area contributed by atoms with Crippen molar-refractivity contribution >= 4 is 12.3 Å².